The number of carbonyl (C=O) groups excluding carboxylic acids is 1. The number of H-pyrrole nitrogens is 1. The molecule has 174 valence electrons. The SMILES string of the molecule is CC(C)N1CCC(Nc2c(Cl)cnc3nc(-c4ccc(N5CCNC(=O)C5)cc4)[nH]c23)CC1. The fourth-order valence-electron chi connectivity index (χ4n) is 4.66. The zero-order valence-electron chi connectivity index (χ0n) is 19.1. The zero-order chi connectivity index (χ0) is 22.9. The van der Waals surface area contributed by atoms with E-state index < -0.39 is 0 Å². The molecule has 1 aromatic carbocycles. The van der Waals surface area contributed by atoms with Gasteiger partial charge in [-0.1, -0.05) is 11.6 Å². The normalized spacial score (nSPS) is 18.2. The number of amides is 1. The first kappa shape index (κ1) is 22.0. The Kier molecular flexibility index (Phi) is 6.12. The van der Waals surface area contributed by atoms with Crippen LogP contribution in [-0.4, -0.2) is 70.6 Å². The van der Waals surface area contributed by atoms with E-state index in [1.54, 1.807) is 6.20 Å². The smallest absolute Gasteiger partial charge is 0.239 e. The Morgan fingerprint density at radius 3 is 2.61 bits per heavy atom. The van der Waals surface area contributed by atoms with Crippen molar-refractivity contribution in [3.05, 3.63) is 35.5 Å². The van der Waals surface area contributed by atoms with E-state index in [-0.39, 0.29) is 5.91 Å². The quantitative estimate of drug-likeness (QED) is 0.532. The number of halogens is 1. The van der Waals surface area contributed by atoms with Crippen LogP contribution in [-0.2, 0) is 4.79 Å². The number of benzene rings is 1. The Hall–Kier alpha value is -2.84. The third-order valence-corrected chi connectivity index (χ3v) is 6.91. The molecule has 0 radical (unpaired) electrons. The highest BCUT2D eigenvalue weighted by atomic mass is 35.5. The molecule has 0 bridgehead atoms. The first-order valence-electron chi connectivity index (χ1n) is 11.6. The number of fused-ring (bicyclic) bond motifs is 1. The van der Waals surface area contributed by atoms with Crippen LogP contribution in [0.4, 0.5) is 11.4 Å². The molecule has 8 nitrogen and oxygen atoms in total. The summed E-state index contributed by atoms with van der Waals surface area (Å²) in [6.45, 7) is 8.53. The van der Waals surface area contributed by atoms with Gasteiger partial charge in [-0.25, -0.2) is 9.97 Å². The zero-order valence-corrected chi connectivity index (χ0v) is 19.8. The minimum atomic E-state index is 0.0560. The lowest BCUT2D eigenvalue weighted by atomic mass is 10.0. The molecule has 3 N–H and O–H groups in total. The summed E-state index contributed by atoms with van der Waals surface area (Å²) in [4.78, 5) is 28.9. The third-order valence-electron chi connectivity index (χ3n) is 6.63. The molecular formula is C24H30ClN7O. The van der Waals surface area contributed by atoms with Crippen LogP contribution in [0.2, 0.25) is 5.02 Å². The van der Waals surface area contributed by atoms with Crippen LogP contribution in [0.15, 0.2) is 30.5 Å². The second kappa shape index (κ2) is 9.19. The van der Waals surface area contributed by atoms with E-state index in [2.05, 4.69) is 44.2 Å². The molecule has 2 saturated heterocycles. The molecule has 2 aliphatic rings. The van der Waals surface area contributed by atoms with Crippen molar-refractivity contribution < 1.29 is 4.79 Å². The molecular weight excluding hydrogens is 438 g/mol. The van der Waals surface area contributed by atoms with Crippen LogP contribution in [0.3, 0.4) is 0 Å². The van der Waals surface area contributed by atoms with Crippen molar-refractivity contribution in [2.75, 3.05) is 42.9 Å². The van der Waals surface area contributed by atoms with Gasteiger partial charge < -0.3 is 25.4 Å². The number of aromatic amines is 1. The number of pyridine rings is 1. The summed E-state index contributed by atoms with van der Waals surface area (Å²) >= 11 is 6.55. The van der Waals surface area contributed by atoms with Gasteiger partial charge in [0.25, 0.3) is 0 Å². The third kappa shape index (κ3) is 4.63. The molecule has 5 rings (SSSR count). The highest BCUT2D eigenvalue weighted by molar-refractivity contribution is 6.34. The summed E-state index contributed by atoms with van der Waals surface area (Å²) in [5.74, 6) is 0.806. The van der Waals surface area contributed by atoms with Crippen molar-refractivity contribution in [1.29, 1.82) is 0 Å². The maximum absolute atomic E-state index is 11.7. The largest absolute Gasteiger partial charge is 0.379 e. The predicted molar refractivity (Wildman–Crippen MR) is 133 cm³/mol. The Morgan fingerprint density at radius 2 is 1.91 bits per heavy atom. The summed E-state index contributed by atoms with van der Waals surface area (Å²) in [6.07, 6.45) is 3.83. The summed E-state index contributed by atoms with van der Waals surface area (Å²) in [6, 6.07) is 9.06. The summed E-state index contributed by atoms with van der Waals surface area (Å²) < 4.78 is 0. The Bertz CT molecular complexity index is 1140. The van der Waals surface area contributed by atoms with Gasteiger partial charge >= 0.3 is 0 Å². The summed E-state index contributed by atoms with van der Waals surface area (Å²) in [7, 11) is 0. The molecule has 0 atom stereocenters. The van der Waals surface area contributed by atoms with Crippen molar-refractivity contribution >= 4 is 40.0 Å². The Balaban J connectivity index is 1.36. The number of piperazine rings is 1. The van der Waals surface area contributed by atoms with Gasteiger partial charge in [0.15, 0.2) is 5.65 Å². The van der Waals surface area contributed by atoms with Crippen LogP contribution < -0.4 is 15.5 Å². The molecule has 2 aromatic heterocycles. The highest BCUT2D eigenvalue weighted by Crippen LogP contribution is 2.32. The van der Waals surface area contributed by atoms with E-state index in [0.29, 0.717) is 35.8 Å². The standard InChI is InChI=1S/C24H30ClN7O/c1-15(2)31-10-7-17(8-11-31)28-21-19(25)13-27-24-22(21)29-23(30-24)16-3-5-18(6-4-16)32-12-9-26-20(33)14-32/h3-6,13,15,17H,7-12,14H2,1-2H3,(H,26,33)(H2,27,28,29,30). The van der Waals surface area contributed by atoms with Gasteiger partial charge in [-0.05, 0) is 51.0 Å². The van der Waals surface area contributed by atoms with E-state index in [1.807, 2.05) is 24.3 Å². The molecule has 4 heterocycles. The predicted octanol–water partition coefficient (Wildman–Crippen LogP) is 3.50. The average Bonchev–Trinajstić information content (AvgIpc) is 3.26. The van der Waals surface area contributed by atoms with Crippen LogP contribution >= 0.6 is 11.6 Å². The lowest BCUT2D eigenvalue weighted by molar-refractivity contribution is -0.120. The van der Waals surface area contributed by atoms with Crippen LogP contribution in [0.25, 0.3) is 22.6 Å². The average molecular weight is 468 g/mol. The van der Waals surface area contributed by atoms with E-state index in [9.17, 15) is 4.79 Å². The summed E-state index contributed by atoms with van der Waals surface area (Å²) in [5, 5.41) is 7.12. The monoisotopic (exact) mass is 467 g/mol. The number of likely N-dealkylation sites (tertiary alicyclic amines) is 1. The minimum Gasteiger partial charge on any atom is -0.379 e. The van der Waals surface area contributed by atoms with Gasteiger partial charge in [0, 0.05) is 49.5 Å². The lowest BCUT2D eigenvalue weighted by Gasteiger charge is -2.35. The maximum Gasteiger partial charge on any atom is 0.239 e. The number of nitrogens with zero attached hydrogens (tertiary/aromatic N) is 4. The molecule has 3 aromatic rings. The van der Waals surface area contributed by atoms with Crippen molar-refractivity contribution in [2.45, 2.75) is 38.8 Å². The number of hydrogen-bond acceptors (Lipinski definition) is 6. The molecule has 1 amide bonds. The first-order chi connectivity index (χ1) is 16.0. The molecule has 9 heteroatoms. The van der Waals surface area contributed by atoms with E-state index >= 15 is 0 Å². The molecule has 0 spiro atoms. The van der Waals surface area contributed by atoms with Crippen LogP contribution in [0.1, 0.15) is 26.7 Å². The number of carbonyl (C=O) groups is 1. The second-order valence-electron chi connectivity index (χ2n) is 9.13. The number of hydrogen-bond donors (Lipinski definition) is 3. The topological polar surface area (TPSA) is 89.2 Å². The minimum absolute atomic E-state index is 0.0560. The molecule has 0 aliphatic carbocycles. The van der Waals surface area contributed by atoms with E-state index in [1.165, 1.54) is 0 Å². The fraction of sp³-hybridized carbons (Fsp3) is 0.458. The van der Waals surface area contributed by atoms with Gasteiger partial charge in [0.1, 0.15) is 11.3 Å². The summed E-state index contributed by atoms with van der Waals surface area (Å²) in [5.41, 5.74) is 4.35. The fourth-order valence-corrected chi connectivity index (χ4v) is 4.86. The number of anilines is 2. The van der Waals surface area contributed by atoms with Gasteiger partial charge in [0.05, 0.1) is 23.5 Å². The molecule has 2 fully saturated rings. The van der Waals surface area contributed by atoms with E-state index in [0.717, 1.165) is 60.8 Å². The van der Waals surface area contributed by atoms with E-state index in [4.69, 9.17) is 16.6 Å². The number of aromatic nitrogens is 3. The van der Waals surface area contributed by atoms with Crippen LogP contribution in [0.5, 0.6) is 0 Å². The van der Waals surface area contributed by atoms with Gasteiger partial charge in [0.2, 0.25) is 5.91 Å². The Morgan fingerprint density at radius 1 is 1.15 bits per heavy atom. The Labute approximate surface area is 198 Å². The van der Waals surface area contributed by atoms with Crippen molar-refractivity contribution in [1.82, 2.24) is 25.2 Å². The number of piperidine rings is 1. The highest BCUT2D eigenvalue weighted by Gasteiger charge is 2.23. The van der Waals surface area contributed by atoms with Crippen molar-refractivity contribution in [3.63, 3.8) is 0 Å². The molecule has 2 aliphatic heterocycles. The van der Waals surface area contributed by atoms with Crippen molar-refractivity contribution in [2.24, 2.45) is 0 Å². The van der Waals surface area contributed by atoms with Gasteiger partial charge in [-0.3, -0.25) is 4.79 Å². The number of imidazole rings is 1. The molecule has 0 saturated carbocycles. The second-order valence-corrected chi connectivity index (χ2v) is 9.54. The lowest BCUT2D eigenvalue weighted by Crippen LogP contribution is -2.47. The van der Waals surface area contributed by atoms with Crippen LogP contribution in [0, 0.1) is 0 Å². The molecule has 33 heavy (non-hydrogen) atoms. The van der Waals surface area contributed by atoms with Crippen molar-refractivity contribution in [3.8, 4) is 11.4 Å². The van der Waals surface area contributed by atoms with Gasteiger partial charge in [-0.2, -0.15) is 0 Å². The first-order valence-corrected chi connectivity index (χ1v) is 12.0. The number of rotatable bonds is 5. The molecule has 0 unspecified atom stereocenters. The maximum atomic E-state index is 11.7. The van der Waals surface area contributed by atoms with Gasteiger partial charge in [-0.15, -0.1) is 0 Å². The number of nitrogens with one attached hydrogen (secondary N) is 3.